The van der Waals surface area contributed by atoms with Crippen molar-refractivity contribution in [1.29, 1.82) is 0 Å². The van der Waals surface area contributed by atoms with Crippen molar-refractivity contribution >= 4 is 39.0 Å². The fraction of sp³-hybridized carbons (Fsp3) is 0.421. The summed E-state index contributed by atoms with van der Waals surface area (Å²) < 4.78 is 14.5. The molecule has 134 valence electrons. The summed E-state index contributed by atoms with van der Waals surface area (Å²) in [4.78, 5) is 16.4. The number of halogens is 2. The fourth-order valence-corrected chi connectivity index (χ4v) is 4.50. The highest BCUT2D eigenvalue weighted by molar-refractivity contribution is 9.10. The first-order valence-corrected chi connectivity index (χ1v) is 9.78. The van der Waals surface area contributed by atoms with E-state index in [1.807, 2.05) is 18.0 Å². The molecule has 7 heteroatoms. The van der Waals surface area contributed by atoms with E-state index in [4.69, 9.17) is 9.98 Å². The minimum atomic E-state index is -0.305. The molecule has 0 aromatic heterocycles. The Morgan fingerprint density at radius 1 is 1.19 bits per heavy atom. The van der Waals surface area contributed by atoms with Crippen molar-refractivity contribution in [2.45, 2.75) is 25.8 Å². The Morgan fingerprint density at radius 3 is 2.96 bits per heavy atom. The topological polar surface area (TPSA) is 34.4 Å². The highest BCUT2D eigenvalue weighted by Crippen LogP contribution is 2.39. The van der Waals surface area contributed by atoms with Crippen LogP contribution in [-0.2, 0) is 0 Å². The minimum Gasteiger partial charge on any atom is -0.351 e. The number of hydrogen-bond acceptors (Lipinski definition) is 5. The maximum Gasteiger partial charge on any atom is 0.182 e. The van der Waals surface area contributed by atoms with Crippen LogP contribution in [-0.4, -0.2) is 53.7 Å². The summed E-state index contributed by atoms with van der Waals surface area (Å²) in [5.74, 6) is 1.34. The minimum absolute atomic E-state index is 0.305. The Bertz CT molecular complexity index is 915. The average molecular weight is 416 g/mol. The first kappa shape index (κ1) is 16.2. The zero-order chi connectivity index (χ0) is 17.8. The number of nitrogens with zero attached hydrogens (tertiary/aromatic N) is 5. The van der Waals surface area contributed by atoms with E-state index in [0.29, 0.717) is 16.2 Å². The van der Waals surface area contributed by atoms with Crippen molar-refractivity contribution < 1.29 is 4.39 Å². The van der Waals surface area contributed by atoms with Crippen molar-refractivity contribution in [2.24, 2.45) is 9.98 Å². The number of rotatable bonds is 0. The van der Waals surface area contributed by atoms with Gasteiger partial charge in [0.05, 0.1) is 27.7 Å². The molecule has 0 spiro atoms. The molecule has 1 aromatic carbocycles. The third kappa shape index (κ3) is 2.54. The van der Waals surface area contributed by atoms with Gasteiger partial charge >= 0.3 is 0 Å². The maximum absolute atomic E-state index is 14.1. The standard InChI is InChI=1S/C19H19BrFN5/c1-12-4-6-26-17-9-14(20)15(21)10-16(17)23-18(19(26)22-12)25-8-7-24-5-2-3-13(24)11-25/h6,9-10,13H,2-3,5,7-8,11H2,1H3. The van der Waals surface area contributed by atoms with Crippen molar-refractivity contribution in [3.05, 3.63) is 40.1 Å². The molecular weight excluding hydrogens is 397 g/mol. The zero-order valence-electron chi connectivity index (χ0n) is 14.5. The van der Waals surface area contributed by atoms with Gasteiger partial charge in [0.1, 0.15) is 5.82 Å². The molecule has 0 radical (unpaired) electrons. The van der Waals surface area contributed by atoms with Gasteiger partial charge in [0.15, 0.2) is 11.7 Å². The highest BCUT2D eigenvalue weighted by atomic mass is 79.9. The van der Waals surface area contributed by atoms with E-state index in [1.54, 1.807) is 6.07 Å². The second kappa shape index (κ2) is 6.05. The van der Waals surface area contributed by atoms with E-state index in [1.165, 1.54) is 25.5 Å². The van der Waals surface area contributed by atoms with E-state index >= 15 is 0 Å². The van der Waals surface area contributed by atoms with Crippen LogP contribution in [0.15, 0.2) is 44.2 Å². The van der Waals surface area contributed by atoms with Crippen LogP contribution in [0.25, 0.3) is 0 Å². The smallest absolute Gasteiger partial charge is 0.182 e. The lowest BCUT2D eigenvalue weighted by atomic mass is 10.1. The number of piperazine rings is 1. The summed E-state index contributed by atoms with van der Waals surface area (Å²) in [5.41, 5.74) is 5.43. The molecule has 1 aromatic rings. The van der Waals surface area contributed by atoms with Crippen LogP contribution in [0, 0.1) is 5.82 Å². The van der Waals surface area contributed by atoms with Gasteiger partial charge in [-0.15, -0.1) is 0 Å². The number of benzene rings is 1. The third-order valence-corrected chi connectivity index (χ3v) is 6.10. The molecule has 0 bridgehead atoms. The first-order chi connectivity index (χ1) is 12.6. The Balaban J connectivity index is 1.60. The second-order valence-electron chi connectivity index (χ2n) is 7.13. The van der Waals surface area contributed by atoms with Gasteiger partial charge < -0.3 is 4.90 Å². The van der Waals surface area contributed by atoms with Gasteiger partial charge in [0, 0.05) is 31.7 Å². The van der Waals surface area contributed by atoms with E-state index in [9.17, 15) is 4.39 Å². The summed E-state index contributed by atoms with van der Waals surface area (Å²) in [6.45, 7) is 6.05. The van der Waals surface area contributed by atoms with E-state index in [-0.39, 0.29) is 5.82 Å². The van der Waals surface area contributed by atoms with Crippen LogP contribution in [0.5, 0.6) is 0 Å². The molecule has 4 aliphatic heterocycles. The van der Waals surface area contributed by atoms with Crippen molar-refractivity contribution in [3.8, 4) is 0 Å². The van der Waals surface area contributed by atoms with Gasteiger partial charge in [-0.1, -0.05) is 5.73 Å². The fourth-order valence-electron chi connectivity index (χ4n) is 4.17. The predicted molar refractivity (Wildman–Crippen MR) is 105 cm³/mol. The Morgan fingerprint density at radius 2 is 2.08 bits per heavy atom. The summed E-state index contributed by atoms with van der Waals surface area (Å²) in [6, 6.07) is 3.83. The van der Waals surface area contributed by atoms with Gasteiger partial charge in [-0.05, 0) is 48.3 Å². The summed E-state index contributed by atoms with van der Waals surface area (Å²) >= 11 is 3.28. The van der Waals surface area contributed by atoms with Crippen molar-refractivity contribution in [3.63, 3.8) is 0 Å². The van der Waals surface area contributed by atoms with Gasteiger partial charge in [-0.25, -0.2) is 14.4 Å². The number of hydrogen-bond donors (Lipinski definition) is 0. The van der Waals surface area contributed by atoms with E-state index in [2.05, 4.69) is 31.5 Å². The van der Waals surface area contributed by atoms with Crippen LogP contribution in [0.3, 0.4) is 0 Å². The van der Waals surface area contributed by atoms with Gasteiger partial charge in [-0.2, -0.15) is 0 Å². The molecule has 26 heavy (non-hydrogen) atoms. The molecule has 0 saturated carbocycles. The molecule has 2 saturated heterocycles. The zero-order valence-corrected chi connectivity index (χ0v) is 16.1. The molecule has 5 nitrogen and oxygen atoms in total. The summed E-state index contributed by atoms with van der Waals surface area (Å²) in [7, 11) is 0. The van der Waals surface area contributed by atoms with Crippen LogP contribution >= 0.6 is 15.9 Å². The third-order valence-electron chi connectivity index (χ3n) is 5.49. The molecule has 5 rings (SSSR count). The number of amidine groups is 2. The number of aliphatic imine (C=N–C) groups is 2. The molecule has 4 heterocycles. The molecule has 4 aliphatic rings. The lowest BCUT2D eigenvalue weighted by Gasteiger charge is -2.41. The first-order valence-electron chi connectivity index (χ1n) is 8.98. The number of allylic oxidation sites excluding steroid dienone is 1. The van der Waals surface area contributed by atoms with E-state index in [0.717, 1.165) is 42.7 Å². The van der Waals surface area contributed by atoms with Crippen molar-refractivity contribution in [1.82, 2.24) is 9.80 Å². The largest absolute Gasteiger partial charge is 0.351 e. The Hall–Kier alpha value is -1.95. The number of fused-ring (bicyclic) bond motifs is 4. The van der Waals surface area contributed by atoms with Gasteiger partial charge in [0.25, 0.3) is 0 Å². The Labute approximate surface area is 160 Å². The normalized spacial score (nSPS) is 24.6. The molecule has 0 amide bonds. The predicted octanol–water partition coefficient (Wildman–Crippen LogP) is 3.65. The molecule has 2 fully saturated rings. The van der Waals surface area contributed by atoms with Gasteiger partial charge in [0.2, 0.25) is 0 Å². The average Bonchev–Trinajstić information content (AvgIpc) is 3.10. The molecule has 0 aliphatic carbocycles. The van der Waals surface area contributed by atoms with Crippen molar-refractivity contribution in [2.75, 3.05) is 31.1 Å². The lowest BCUT2D eigenvalue weighted by molar-refractivity contribution is 0.153. The monoisotopic (exact) mass is 415 g/mol. The summed E-state index contributed by atoms with van der Waals surface area (Å²) in [6.07, 6.45) is 4.38. The van der Waals surface area contributed by atoms with Crippen LogP contribution in [0.4, 0.5) is 15.8 Å². The molecule has 1 unspecified atom stereocenters. The maximum atomic E-state index is 14.1. The quantitative estimate of drug-likeness (QED) is 0.606. The molecular formula is C19H19BrFN5. The van der Waals surface area contributed by atoms with Crippen LogP contribution < -0.4 is 4.90 Å². The lowest BCUT2D eigenvalue weighted by Crippen LogP contribution is -2.56. The van der Waals surface area contributed by atoms with Crippen LogP contribution in [0.1, 0.15) is 19.8 Å². The SMILES string of the molecule is CC1=C=CN2C(=N1)C(N1CCN3CCCC3C1)=Nc1cc(F)c(Br)cc12. The number of anilines is 1. The van der Waals surface area contributed by atoms with Gasteiger partial charge in [-0.3, -0.25) is 9.80 Å². The molecule has 1 atom stereocenters. The van der Waals surface area contributed by atoms with E-state index < -0.39 is 0 Å². The molecule has 0 N–H and O–H groups in total. The Kier molecular flexibility index (Phi) is 3.78. The van der Waals surface area contributed by atoms with Crippen LogP contribution in [0.2, 0.25) is 0 Å². The highest BCUT2D eigenvalue weighted by Gasteiger charge is 2.36. The summed E-state index contributed by atoms with van der Waals surface area (Å²) in [5, 5.41) is 0. The second-order valence-corrected chi connectivity index (χ2v) is 7.99.